The van der Waals surface area contributed by atoms with Gasteiger partial charge in [0.15, 0.2) is 11.6 Å². The van der Waals surface area contributed by atoms with Crippen molar-refractivity contribution in [2.75, 3.05) is 6.61 Å². The zero-order valence-corrected chi connectivity index (χ0v) is 11.5. The van der Waals surface area contributed by atoms with Crippen LogP contribution in [0.2, 0.25) is 0 Å². The second kappa shape index (κ2) is 6.73. The maximum atomic E-state index is 13.7. The van der Waals surface area contributed by atoms with Crippen LogP contribution >= 0.6 is 12.4 Å². The lowest BCUT2D eigenvalue weighted by atomic mass is 10.0. The van der Waals surface area contributed by atoms with Gasteiger partial charge in [0.2, 0.25) is 5.91 Å². The first-order chi connectivity index (χ1) is 8.59. The number of rotatable bonds is 2. The molecule has 0 radical (unpaired) electrons. The fourth-order valence-electron chi connectivity index (χ4n) is 2.02. The molecule has 2 rings (SSSR count). The van der Waals surface area contributed by atoms with Crippen LogP contribution in [0.3, 0.4) is 0 Å². The molecule has 0 bridgehead atoms. The quantitative estimate of drug-likeness (QED) is 0.874. The molecule has 0 aliphatic carbocycles. The molecule has 3 N–H and O–H groups in total. The average Bonchev–Trinajstić information content (AvgIpc) is 2.53. The molecule has 6 heteroatoms. The summed E-state index contributed by atoms with van der Waals surface area (Å²) in [7, 11) is 0. The molecule has 0 fully saturated rings. The summed E-state index contributed by atoms with van der Waals surface area (Å²) in [5.41, 5.74) is 6.21. The van der Waals surface area contributed by atoms with Crippen molar-refractivity contribution < 1.29 is 13.9 Å². The standard InChI is InChI=1S/C13H17FN2O2.ClH/c1-8(15)13(17)16-11-6-3-7-18-12-9(11)4-2-5-10(12)14;/h2,4-5,8,11H,3,6-7,15H2,1H3,(H,16,17);1H/t8-,11?;/m1./s1. The highest BCUT2D eigenvalue weighted by Crippen LogP contribution is 2.33. The van der Waals surface area contributed by atoms with Crippen molar-refractivity contribution in [2.45, 2.75) is 31.8 Å². The Kier molecular flexibility index (Phi) is 5.57. The van der Waals surface area contributed by atoms with Crippen molar-refractivity contribution in [1.29, 1.82) is 0 Å². The number of fused-ring (bicyclic) bond motifs is 1. The van der Waals surface area contributed by atoms with E-state index in [1.54, 1.807) is 19.1 Å². The SMILES string of the molecule is C[C@@H](N)C(=O)NC1CCCOc2c(F)cccc21.Cl. The fraction of sp³-hybridized carbons (Fsp3) is 0.462. The summed E-state index contributed by atoms with van der Waals surface area (Å²) in [6.45, 7) is 2.08. The monoisotopic (exact) mass is 288 g/mol. The van der Waals surface area contributed by atoms with Gasteiger partial charge in [0.1, 0.15) is 0 Å². The molecule has 0 saturated heterocycles. The summed E-state index contributed by atoms with van der Waals surface area (Å²) in [5.74, 6) is -0.392. The number of halogens is 2. The van der Waals surface area contributed by atoms with Gasteiger partial charge in [-0.3, -0.25) is 4.79 Å². The molecule has 19 heavy (non-hydrogen) atoms. The Labute approximate surface area is 117 Å². The number of hydrogen-bond acceptors (Lipinski definition) is 3. The van der Waals surface area contributed by atoms with Crippen LogP contribution < -0.4 is 15.8 Å². The van der Waals surface area contributed by atoms with E-state index in [-0.39, 0.29) is 30.1 Å². The maximum absolute atomic E-state index is 13.7. The van der Waals surface area contributed by atoms with Crippen LogP contribution in [-0.4, -0.2) is 18.6 Å². The molecule has 1 aromatic rings. The lowest BCUT2D eigenvalue weighted by Crippen LogP contribution is -2.40. The van der Waals surface area contributed by atoms with Gasteiger partial charge in [0.05, 0.1) is 18.7 Å². The minimum Gasteiger partial charge on any atom is -0.490 e. The maximum Gasteiger partial charge on any atom is 0.237 e. The Morgan fingerprint density at radius 2 is 2.32 bits per heavy atom. The highest BCUT2D eigenvalue weighted by Gasteiger charge is 2.24. The Bertz CT molecular complexity index is 454. The summed E-state index contributed by atoms with van der Waals surface area (Å²) >= 11 is 0. The molecule has 0 saturated carbocycles. The molecule has 0 spiro atoms. The molecular weight excluding hydrogens is 271 g/mol. The smallest absolute Gasteiger partial charge is 0.237 e. The Balaban J connectivity index is 0.00000180. The molecule has 1 heterocycles. The zero-order chi connectivity index (χ0) is 13.1. The predicted molar refractivity (Wildman–Crippen MR) is 72.9 cm³/mol. The summed E-state index contributed by atoms with van der Waals surface area (Å²) in [4.78, 5) is 11.6. The predicted octanol–water partition coefficient (Wildman–Crippen LogP) is 1.92. The van der Waals surface area contributed by atoms with Crippen molar-refractivity contribution in [1.82, 2.24) is 5.32 Å². The van der Waals surface area contributed by atoms with Gasteiger partial charge in [-0.1, -0.05) is 12.1 Å². The van der Waals surface area contributed by atoms with Crippen LogP contribution in [0, 0.1) is 5.82 Å². The molecule has 1 amide bonds. The van der Waals surface area contributed by atoms with Gasteiger partial charge in [-0.05, 0) is 25.8 Å². The van der Waals surface area contributed by atoms with Gasteiger partial charge in [-0.2, -0.15) is 0 Å². The Morgan fingerprint density at radius 3 is 3.00 bits per heavy atom. The first-order valence-corrected chi connectivity index (χ1v) is 6.06. The van der Waals surface area contributed by atoms with E-state index in [1.165, 1.54) is 6.07 Å². The van der Waals surface area contributed by atoms with Gasteiger partial charge in [-0.25, -0.2) is 4.39 Å². The molecule has 1 aliphatic rings. The van der Waals surface area contributed by atoms with Crippen molar-refractivity contribution in [3.63, 3.8) is 0 Å². The van der Waals surface area contributed by atoms with Gasteiger partial charge in [0, 0.05) is 5.56 Å². The molecule has 0 aromatic heterocycles. The van der Waals surface area contributed by atoms with E-state index in [1.807, 2.05) is 0 Å². The molecule has 2 atom stereocenters. The van der Waals surface area contributed by atoms with Gasteiger partial charge < -0.3 is 15.8 Å². The minimum atomic E-state index is -0.578. The summed E-state index contributed by atoms with van der Waals surface area (Å²) in [6.07, 6.45) is 1.48. The normalized spacial score (nSPS) is 19.2. The third kappa shape index (κ3) is 3.58. The van der Waals surface area contributed by atoms with Crippen LogP contribution in [0.15, 0.2) is 18.2 Å². The topological polar surface area (TPSA) is 64.4 Å². The Morgan fingerprint density at radius 1 is 1.58 bits per heavy atom. The van der Waals surface area contributed by atoms with E-state index >= 15 is 0 Å². The van der Waals surface area contributed by atoms with Crippen molar-refractivity contribution in [3.05, 3.63) is 29.6 Å². The first kappa shape index (κ1) is 15.7. The van der Waals surface area contributed by atoms with Gasteiger partial charge in [-0.15, -0.1) is 12.4 Å². The number of hydrogen-bond donors (Lipinski definition) is 2. The van der Waals surface area contributed by atoms with Crippen LogP contribution in [0.25, 0.3) is 0 Å². The van der Waals surface area contributed by atoms with Gasteiger partial charge in [0.25, 0.3) is 0 Å². The van der Waals surface area contributed by atoms with E-state index in [4.69, 9.17) is 10.5 Å². The number of nitrogens with two attached hydrogens (primary N) is 1. The van der Waals surface area contributed by atoms with Crippen LogP contribution in [-0.2, 0) is 4.79 Å². The number of carbonyl (C=O) groups is 1. The third-order valence-electron chi connectivity index (χ3n) is 2.99. The van der Waals surface area contributed by atoms with Crippen LogP contribution in [0.1, 0.15) is 31.4 Å². The molecule has 1 aromatic carbocycles. The van der Waals surface area contributed by atoms with E-state index in [2.05, 4.69) is 5.32 Å². The zero-order valence-electron chi connectivity index (χ0n) is 10.7. The molecule has 1 unspecified atom stereocenters. The molecule has 106 valence electrons. The number of ether oxygens (including phenoxy) is 1. The average molecular weight is 289 g/mol. The van der Waals surface area contributed by atoms with Crippen molar-refractivity contribution >= 4 is 18.3 Å². The van der Waals surface area contributed by atoms with Crippen LogP contribution in [0.5, 0.6) is 5.75 Å². The second-order valence-electron chi connectivity index (χ2n) is 4.50. The summed E-state index contributed by atoms with van der Waals surface area (Å²) in [6, 6.07) is 3.93. The van der Waals surface area contributed by atoms with E-state index in [9.17, 15) is 9.18 Å². The van der Waals surface area contributed by atoms with E-state index < -0.39 is 11.9 Å². The fourth-order valence-corrected chi connectivity index (χ4v) is 2.02. The largest absolute Gasteiger partial charge is 0.490 e. The number of para-hydroxylation sites is 1. The Hall–Kier alpha value is -1.33. The lowest BCUT2D eigenvalue weighted by Gasteiger charge is -2.19. The first-order valence-electron chi connectivity index (χ1n) is 6.06. The van der Waals surface area contributed by atoms with Crippen molar-refractivity contribution in [3.8, 4) is 5.75 Å². The summed E-state index contributed by atoms with van der Waals surface area (Å²) < 4.78 is 19.1. The number of amides is 1. The molecule has 4 nitrogen and oxygen atoms in total. The third-order valence-corrected chi connectivity index (χ3v) is 2.99. The van der Waals surface area contributed by atoms with E-state index in [0.29, 0.717) is 12.2 Å². The number of carbonyl (C=O) groups excluding carboxylic acids is 1. The number of benzene rings is 1. The van der Waals surface area contributed by atoms with Crippen molar-refractivity contribution in [2.24, 2.45) is 5.73 Å². The highest BCUT2D eigenvalue weighted by atomic mass is 35.5. The van der Waals surface area contributed by atoms with E-state index in [0.717, 1.165) is 12.8 Å². The molecule has 1 aliphatic heterocycles. The summed E-state index contributed by atoms with van der Waals surface area (Å²) in [5, 5.41) is 2.83. The minimum absolute atomic E-state index is 0. The molecular formula is C13H18ClFN2O2. The second-order valence-corrected chi connectivity index (χ2v) is 4.50. The van der Waals surface area contributed by atoms with Gasteiger partial charge >= 0.3 is 0 Å². The number of nitrogens with one attached hydrogen (secondary N) is 1. The highest BCUT2D eigenvalue weighted by molar-refractivity contribution is 5.85. The van der Waals surface area contributed by atoms with Crippen LogP contribution in [0.4, 0.5) is 4.39 Å². The lowest BCUT2D eigenvalue weighted by molar-refractivity contribution is -0.122.